The van der Waals surface area contributed by atoms with Gasteiger partial charge in [0.2, 0.25) is 0 Å². The number of hydrogen-bond acceptors (Lipinski definition) is 5. The first-order valence-electron chi connectivity index (χ1n) is 12.1. The van der Waals surface area contributed by atoms with E-state index >= 15 is 0 Å². The molecule has 196 valence electrons. The molecule has 0 fully saturated rings. The third-order valence-electron chi connectivity index (χ3n) is 6.71. The van der Waals surface area contributed by atoms with Crippen molar-refractivity contribution in [2.75, 3.05) is 24.4 Å². The second kappa shape index (κ2) is 10.2. The van der Waals surface area contributed by atoms with Crippen LogP contribution in [0.4, 0.5) is 19.0 Å². The summed E-state index contributed by atoms with van der Waals surface area (Å²) in [5, 5.41) is 1.38. The first-order valence-corrected chi connectivity index (χ1v) is 13.6. The van der Waals surface area contributed by atoms with Crippen molar-refractivity contribution in [1.29, 1.82) is 0 Å². The number of fused-ring (bicyclic) bond motifs is 1. The smallest absolute Gasteiger partial charge is 0.300 e. The fourth-order valence-electron chi connectivity index (χ4n) is 4.68. The van der Waals surface area contributed by atoms with Crippen LogP contribution >= 0.6 is 0 Å². The number of hydrogen-bond donors (Lipinski definition) is 1. The van der Waals surface area contributed by atoms with Gasteiger partial charge in [-0.25, -0.2) is 18.4 Å². The summed E-state index contributed by atoms with van der Waals surface area (Å²) in [6.07, 6.45) is 0.857. The minimum Gasteiger partial charge on any atom is -0.300 e. The molecule has 0 aliphatic carbocycles. The number of halogens is 3. The third kappa shape index (κ3) is 5.27. The van der Waals surface area contributed by atoms with E-state index in [-0.39, 0.29) is 10.7 Å². The van der Waals surface area contributed by atoms with Gasteiger partial charge < -0.3 is 0 Å². The first-order chi connectivity index (χ1) is 18.2. The Morgan fingerprint density at radius 3 is 2.53 bits per heavy atom. The quantitative estimate of drug-likeness (QED) is 0.315. The molecule has 0 unspecified atom stereocenters. The summed E-state index contributed by atoms with van der Waals surface area (Å²) in [5.41, 5.74) is 2.14. The number of sulfonamides is 1. The Hall–Kier alpha value is -3.76. The summed E-state index contributed by atoms with van der Waals surface area (Å²) >= 11 is 0. The van der Waals surface area contributed by atoms with Crippen molar-refractivity contribution >= 4 is 32.2 Å². The van der Waals surface area contributed by atoms with Gasteiger partial charge in [-0.05, 0) is 76.3 Å². The molecule has 2 heterocycles. The molecule has 6 nitrogen and oxygen atoms in total. The van der Waals surface area contributed by atoms with Crippen LogP contribution in [0.1, 0.15) is 24.5 Å². The van der Waals surface area contributed by atoms with Crippen molar-refractivity contribution in [3.63, 3.8) is 0 Å². The number of nitrogens with zero attached hydrogens (tertiary/aromatic N) is 3. The molecule has 1 aliphatic rings. The van der Waals surface area contributed by atoms with Gasteiger partial charge in [-0.1, -0.05) is 43.3 Å². The predicted molar refractivity (Wildman–Crippen MR) is 142 cm³/mol. The van der Waals surface area contributed by atoms with E-state index < -0.39 is 21.8 Å². The highest BCUT2D eigenvalue weighted by atomic mass is 32.2. The van der Waals surface area contributed by atoms with E-state index in [2.05, 4.69) is 26.5 Å². The molecule has 0 saturated heterocycles. The van der Waals surface area contributed by atoms with E-state index in [1.54, 1.807) is 24.3 Å². The molecule has 5 rings (SSSR count). The molecule has 0 spiro atoms. The lowest BCUT2D eigenvalue weighted by Crippen LogP contribution is -2.28. The van der Waals surface area contributed by atoms with Crippen molar-refractivity contribution in [3.8, 4) is 11.1 Å². The van der Waals surface area contributed by atoms with Gasteiger partial charge in [0.1, 0.15) is 12.1 Å². The van der Waals surface area contributed by atoms with Crippen molar-refractivity contribution in [2.24, 2.45) is 0 Å². The van der Waals surface area contributed by atoms with Gasteiger partial charge in [0.05, 0.1) is 10.5 Å². The third-order valence-corrected chi connectivity index (χ3v) is 8.06. The second-order valence-electron chi connectivity index (χ2n) is 9.02. The summed E-state index contributed by atoms with van der Waals surface area (Å²) < 4.78 is 69.3. The van der Waals surface area contributed by atoms with Crippen LogP contribution in [0.5, 0.6) is 0 Å². The Morgan fingerprint density at radius 2 is 1.84 bits per heavy atom. The summed E-state index contributed by atoms with van der Waals surface area (Å²) in [6.45, 7) is 4.38. The van der Waals surface area contributed by atoms with Crippen LogP contribution in [-0.2, 0) is 16.2 Å². The largest absolute Gasteiger partial charge is 0.416 e. The molecule has 3 aromatic carbocycles. The van der Waals surface area contributed by atoms with E-state index in [4.69, 9.17) is 0 Å². The number of anilines is 1. The Labute approximate surface area is 218 Å². The summed E-state index contributed by atoms with van der Waals surface area (Å²) in [7, 11) is -3.92. The zero-order valence-corrected chi connectivity index (χ0v) is 21.4. The number of alkyl halides is 3. The average molecular weight is 539 g/mol. The summed E-state index contributed by atoms with van der Waals surface area (Å²) in [4.78, 5) is 9.96. The highest BCUT2D eigenvalue weighted by molar-refractivity contribution is 7.92. The molecule has 0 amide bonds. The lowest BCUT2D eigenvalue weighted by atomic mass is 9.88. The molecule has 0 saturated carbocycles. The highest BCUT2D eigenvalue weighted by Gasteiger charge is 2.32. The van der Waals surface area contributed by atoms with E-state index in [0.717, 1.165) is 35.7 Å². The van der Waals surface area contributed by atoms with Crippen molar-refractivity contribution in [2.45, 2.75) is 24.4 Å². The maximum atomic E-state index is 13.7. The van der Waals surface area contributed by atoms with E-state index in [1.165, 1.54) is 36.8 Å². The second-order valence-corrected chi connectivity index (χ2v) is 10.7. The number of benzene rings is 3. The molecule has 10 heteroatoms. The van der Waals surface area contributed by atoms with E-state index in [1.807, 2.05) is 12.1 Å². The Kier molecular flexibility index (Phi) is 6.93. The SMILES string of the molecule is CCN1CC=C(c2cc(C(F)(F)F)ccc2-c2cccc3cc(S(=O)(=O)Nc4ccncn4)ccc23)CC1. The van der Waals surface area contributed by atoms with E-state index in [0.29, 0.717) is 29.5 Å². The van der Waals surface area contributed by atoms with Crippen LogP contribution in [0, 0.1) is 0 Å². The van der Waals surface area contributed by atoms with Gasteiger partial charge in [0.15, 0.2) is 0 Å². The monoisotopic (exact) mass is 538 g/mol. The van der Waals surface area contributed by atoms with Gasteiger partial charge in [0, 0.05) is 19.3 Å². The zero-order chi connectivity index (χ0) is 26.9. The van der Waals surface area contributed by atoms with Crippen LogP contribution in [0.15, 0.2) is 84.2 Å². The van der Waals surface area contributed by atoms with Gasteiger partial charge in [-0.2, -0.15) is 13.2 Å². The van der Waals surface area contributed by atoms with Crippen LogP contribution in [-0.4, -0.2) is 42.9 Å². The Bertz CT molecular complexity index is 1620. The average Bonchev–Trinajstić information content (AvgIpc) is 2.92. The minimum absolute atomic E-state index is 0.0445. The molecule has 0 atom stereocenters. The lowest BCUT2D eigenvalue weighted by molar-refractivity contribution is -0.137. The number of likely N-dealkylation sites (N-methyl/N-ethyl adjacent to an activating group) is 1. The van der Waals surface area contributed by atoms with Crippen molar-refractivity contribution in [3.05, 3.63) is 90.4 Å². The topological polar surface area (TPSA) is 75.2 Å². The van der Waals surface area contributed by atoms with Crippen molar-refractivity contribution in [1.82, 2.24) is 14.9 Å². The fraction of sp³-hybridized carbons (Fsp3) is 0.214. The predicted octanol–water partition coefficient (Wildman–Crippen LogP) is 6.23. The summed E-state index contributed by atoms with van der Waals surface area (Å²) in [6, 6.07) is 15.4. The van der Waals surface area contributed by atoms with Gasteiger partial charge in [0.25, 0.3) is 10.0 Å². The van der Waals surface area contributed by atoms with Gasteiger partial charge in [-0.15, -0.1) is 0 Å². The fourth-order valence-corrected chi connectivity index (χ4v) is 5.72. The maximum absolute atomic E-state index is 13.7. The Morgan fingerprint density at radius 1 is 1.00 bits per heavy atom. The highest BCUT2D eigenvalue weighted by Crippen LogP contribution is 2.40. The molecule has 4 aromatic rings. The first kappa shape index (κ1) is 25.9. The molecular formula is C28H25F3N4O2S. The standard InChI is InChI=1S/C28H25F3N4O2S/c1-2-35-14-11-19(12-15-35)26-17-21(28(29,30)31)6-8-25(26)24-5-3-4-20-16-22(7-9-23(20)24)38(36,37)34-27-10-13-32-18-33-27/h3-11,13,16-18H,2,12,14-15H2,1H3,(H,32,33,34). The molecular weight excluding hydrogens is 513 g/mol. The molecule has 38 heavy (non-hydrogen) atoms. The molecule has 1 aromatic heterocycles. The van der Waals surface area contributed by atoms with Crippen LogP contribution in [0.2, 0.25) is 0 Å². The van der Waals surface area contributed by atoms with Crippen molar-refractivity contribution < 1.29 is 21.6 Å². The van der Waals surface area contributed by atoms with Crippen LogP contribution < -0.4 is 4.72 Å². The van der Waals surface area contributed by atoms with Crippen LogP contribution in [0.25, 0.3) is 27.5 Å². The molecule has 1 N–H and O–H groups in total. The van der Waals surface area contributed by atoms with Gasteiger partial charge in [-0.3, -0.25) is 9.62 Å². The molecule has 0 bridgehead atoms. The Balaban J connectivity index is 1.60. The summed E-state index contributed by atoms with van der Waals surface area (Å²) in [5.74, 6) is 0.144. The molecule has 0 radical (unpaired) electrons. The zero-order valence-electron chi connectivity index (χ0n) is 20.5. The maximum Gasteiger partial charge on any atom is 0.416 e. The number of aromatic nitrogens is 2. The lowest BCUT2D eigenvalue weighted by Gasteiger charge is -2.26. The van der Waals surface area contributed by atoms with Gasteiger partial charge >= 0.3 is 6.18 Å². The normalized spacial score (nSPS) is 14.9. The van der Waals surface area contributed by atoms with E-state index in [9.17, 15) is 21.6 Å². The molecule has 1 aliphatic heterocycles. The number of nitrogens with one attached hydrogen (secondary N) is 1. The van der Waals surface area contributed by atoms with Crippen LogP contribution in [0.3, 0.4) is 0 Å². The minimum atomic E-state index is -4.46. The number of rotatable bonds is 6.